The standard InChI is InChI=1S/C11H10O3S/c1-13-9-5-11(15-7-9)10(12)4-8-2-3-14-6-8/h2-3,5-7H,4H2,1H3. The molecule has 0 spiro atoms. The SMILES string of the molecule is COc1csc(C(=O)Cc2ccoc2)c1. The lowest BCUT2D eigenvalue weighted by molar-refractivity contribution is 0.0996. The Morgan fingerprint density at radius 2 is 2.47 bits per heavy atom. The first kappa shape index (κ1) is 9.98. The maximum atomic E-state index is 11.8. The minimum absolute atomic E-state index is 0.0877. The Hall–Kier alpha value is -1.55. The molecule has 0 aliphatic carbocycles. The number of hydrogen-bond acceptors (Lipinski definition) is 4. The molecule has 2 rings (SSSR count). The average Bonchev–Trinajstić information content (AvgIpc) is 2.86. The molecular weight excluding hydrogens is 212 g/mol. The minimum atomic E-state index is 0.0877. The Kier molecular flexibility index (Phi) is 2.87. The number of carbonyl (C=O) groups is 1. The predicted molar refractivity (Wildman–Crippen MR) is 57.6 cm³/mol. The number of methoxy groups -OCH3 is 1. The molecule has 2 heterocycles. The molecule has 0 unspecified atom stereocenters. The summed E-state index contributed by atoms with van der Waals surface area (Å²) in [7, 11) is 1.59. The lowest BCUT2D eigenvalue weighted by atomic mass is 10.1. The monoisotopic (exact) mass is 222 g/mol. The summed E-state index contributed by atoms with van der Waals surface area (Å²) in [5.74, 6) is 0.820. The first-order valence-corrected chi connectivity index (χ1v) is 5.34. The Morgan fingerprint density at radius 1 is 1.60 bits per heavy atom. The highest BCUT2D eigenvalue weighted by molar-refractivity contribution is 7.12. The molecule has 15 heavy (non-hydrogen) atoms. The molecular formula is C11H10O3S. The van der Waals surface area contributed by atoms with E-state index in [9.17, 15) is 4.79 Å². The fourth-order valence-electron chi connectivity index (χ4n) is 1.24. The zero-order valence-electron chi connectivity index (χ0n) is 8.23. The molecule has 3 nitrogen and oxygen atoms in total. The van der Waals surface area contributed by atoms with E-state index in [1.165, 1.54) is 11.3 Å². The van der Waals surface area contributed by atoms with E-state index in [0.29, 0.717) is 11.3 Å². The summed E-state index contributed by atoms with van der Waals surface area (Å²) in [5.41, 5.74) is 0.896. The highest BCUT2D eigenvalue weighted by Gasteiger charge is 2.10. The molecule has 0 aliphatic rings. The molecule has 0 fully saturated rings. The van der Waals surface area contributed by atoms with Gasteiger partial charge in [0.05, 0.1) is 24.5 Å². The third kappa shape index (κ3) is 2.27. The van der Waals surface area contributed by atoms with E-state index in [4.69, 9.17) is 9.15 Å². The highest BCUT2D eigenvalue weighted by Crippen LogP contribution is 2.22. The number of carbonyl (C=O) groups excluding carboxylic acids is 1. The van der Waals surface area contributed by atoms with Crippen LogP contribution < -0.4 is 4.74 Å². The van der Waals surface area contributed by atoms with Gasteiger partial charge in [0.15, 0.2) is 5.78 Å². The van der Waals surface area contributed by atoms with Crippen LogP contribution in [0.5, 0.6) is 5.75 Å². The van der Waals surface area contributed by atoms with Crippen molar-refractivity contribution in [2.45, 2.75) is 6.42 Å². The van der Waals surface area contributed by atoms with Crippen LogP contribution in [0.3, 0.4) is 0 Å². The van der Waals surface area contributed by atoms with Crippen molar-refractivity contribution in [2.24, 2.45) is 0 Å². The lowest BCUT2D eigenvalue weighted by Gasteiger charge is -1.93. The van der Waals surface area contributed by atoms with Crippen LogP contribution in [0.15, 0.2) is 34.5 Å². The highest BCUT2D eigenvalue weighted by atomic mass is 32.1. The van der Waals surface area contributed by atoms with Gasteiger partial charge < -0.3 is 9.15 Å². The smallest absolute Gasteiger partial charge is 0.177 e. The van der Waals surface area contributed by atoms with Gasteiger partial charge in [0.1, 0.15) is 5.75 Å². The van der Waals surface area contributed by atoms with E-state index in [2.05, 4.69) is 0 Å². The van der Waals surface area contributed by atoms with Gasteiger partial charge >= 0.3 is 0 Å². The summed E-state index contributed by atoms with van der Waals surface area (Å²) in [6.45, 7) is 0. The van der Waals surface area contributed by atoms with Gasteiger partial charge in [0.25, 0.3) is 0 Å². The molecule has 0 bridgehead atoms. The number of ketones is 1. The maximum Gasteiger partial charge on any atom is 0.177 e. The van der Waals surface area contributed by atoms with E-state index in [1.807, 2.05) is 5.38 Å². The summed E-state index contributed by atoms with van der Waals surface area (Å²) in [5, 5.41) is 1.82. The molecule has 0 radical (unpaired) electrons. The summed E-state index contributed by atoms with van der Waals surface area (Å²) in [4.78, 5) is 12.5. The van der Waals surface area contributed by atoms with Crippen LogP contribution in [0.25, 0.3) is 0 Å². The summed E-state index contributed by atoms with van der Waals surface area (Å²) in [6.07, 6.45) is 3.53. The topological polar surface area (TPSA) is 39.4 Å². The van der Waals surface area contributed by atoms with Gasteiger partial charge in [0.2, 0.25) is 0 Å². The third-order valence-corrected chi connectivity index (χ3v) is 2.98. The molecule has 0 aromatic carbocycles. The summed E-state index contributed by atoms with van der Waals surface area (Å²) < 4.78 is 9.92. The number of hydrogen-bond donors (Lipinski definition) is 0. The van der Waals surface area contributed by atoms with E-state index in [0.717, 1.165) is 11.3 Å². The second-order valence-electron chi connectivity index (χ2n) is 3.08. The average molecular weight is 222 g/mol. The van der Waals surface area contributed by atoms with E-state index in [1.54, 1.807) is 31.8 Å². The van der Waals surface area contributed by atoms with Crippen molar-refractivity contribution in [3.05, 3.63) is 40.5 Å². The molecule has 4 heteroatoms. The van der Waals surface area contributed by atoms with E-state index in [-0.39, 0.29) is 5.78 Å². The van der Waals surface area contributed by atoms with Gasteiger partial charge in [-0.3, -0.25) is 4.79 Å². The fourth-order valence-corrected chi connectivity index (χ4v) is 2.03. The second kappa shape index (κ2) is 4.31. The van der Waals surface area contributed by atoms with Crippen molar-refractivity contribution in [2.75, 3.05) is 7.11 Å². The van der Waals surface area contributed by atoms with Crippen LogP contribution in [0, 0.1) is 0 Å². The van der Waals surface area contributed by atoms with Crippen molar-refractivity contribution in [1.82, 2.24) is 0 Å². The maximum absolute atomic E-state index is 11.8. The lowest BCUT2D eigenvalue weighted by Crippen LogP contribution is -1.99. The number of thiophene rings is 1. The quantitative estimate of drug-likeness (QED) is 0.747. The first-order valence-electron chi connectivity index (χ1n) is 4.46. The zero-order valence-corrected chi connectivity index (χ0v) is 9.04. The van der Waals surface area contributed by atoms with Crippen LogP contribution in [0.1, 0.15) is 15.2 Å². The fraction of sp³-hybridized carbons (Fsp3) is 0.182. The molecule has 78 valence electrons. The van der Waals surface area contributed by atoms with Gasteiger partial charge in [-0.15, -0.1) is 11.3 Å². The summed E-state index contributed by atoms with van der Waals surface area (Å²) in [6, 6.07) is 3.55. The summed E-state index contributed by atoms with van der Waals surface area (Å²) >= 11 is 1.40. The molecule has 0 aliphatic heterocycles. The molecule has 2 aromatic heterocycles. The van der Waals surface area contributed by atoms with Crippen LogP contribution in [-0.2, 0) is 6.42 Å². The van der Waals surface area contributed by atoms with Gasteiger partial charge in [0, 0.05) is 17.9 Å². The van der Waals surface area contributed by atoms with E-state index < -0.39 is 0 Å². The predicted octanol–water partition coefficient (Wildman–Crippen LogP) is 2.78. The number of rotatable bonds is 4. The van der Waals surface area contributed by atoms with Gasteiger partial charge in [-0.05, 0) is 11.6 Å². The van der Waals surface area contributed by atoms with Crippen LogP contribution in [0.2, 0.25) is 0 Å². The number of Topliss-reactive ketones (excluding diaryl/α,β-unsaturated/α-hetero) is 1. The molecule has 0 saturated carbocycles. The van der Waals surface area contributed by atoms with Crippen molar-refractivity contribution in [3.8, 4) is 5.75 Å². The molecule has 0 N–H and O–H groups in total. The van der Waals surface area contributed by atoms with E-state index >= 15 is 0 Å². The van der Waals surface area contributed by atoms with Crippen molar-refractivity contribution < 1.29 is 13.9 Å². The Balaban J connectivity index is 2.08. The van der Waals surface area contributed by atoms with Gasteiger partial charge in [-0.2, -0.15) is 0 Å². The van der Waals surface area contributed by atoms with Crippen LogP contribution in [-0.4, -0.2) is 12.9 Å². The van der Waals surface area contributed by atoms with Gasteiger partial charge in [-0.25, -0.2) is 0 Å². The third-order valence-electron chi connectivity index (χ3n) is 2.03. The van der Waals surface area contributed by atoms with Crippen molar-refractivity contribution >= 4 is 17.1 Å². The molecule has 0 amide bonds. The Bertz CT molecular complexity index is 442. The second-order valence-corrected chi connectivity index (χ2v) is 3.99. The molecule has 0 atom stereocenters. The normalized spacial score (nSPS) is 10.2. The van der Waals surface area contributed by atoms with Crippen LogP contribution >= 0.6 is 11.3 Å². The zero-order chi connectivity index (χ0) is 10.7. The van der Waals surface area contributed by atoms with Crippen molar-refractivity contribution in [1.29, 1.82) is 0 Å². The Labute approximate surface area is 91.3 Å². The van der Waals surface area contributed by atoms with Gasteiger partial charge in [-0.1, -0.05) is 0 Å². The van der Waals surface area contributed by atoms with Crippen molar-refractivity contribution in [3.63, 3.8) is 0 Å². The number of furan rings is 1. The first-order chi connectivity index (χ1) is 7.29. The minimum Gasteiger partial charge on any atom is -0.496 e. The largest absolute Gasteiger partial charge is 0.496 e. The molecule has 2 aromatic rings. The van der Waals surface area contributed by atoms with Crippen LogP contribution in [0.4, 0.5) is 0 Å². The number of ether oxygens (including phenoxy) is 1. The Morgan fingerprint density at radius 3 is 3.07 bits per heavy atom. The molecule has 0 saturated heterocycles.